The van der Waals surface area contributed by atoms with Crippen LogP contribution in [0.3, 0.4) is 0 Å². The van der Waals surface area contributed by atoms with Gasteiger partial charge in [-0.15, -0.1) is 0 Å². The summed E-state index contributed by atoms with van der Waals surface area (Å²) in [6.07, 6.45) is 1.09. The van der Waals surface area contributed by atoms with Crippen LogP contribution < -0.4 is 10.5 Å². The van der Waals surface area contributed by atoms with Gasteiger partial charge in [-0.1, -0.05) is 12.1 Å². The van der Waals surface area contributed by atoms with Gasteiger partial charge < -0.3 is 20.1 Å². The molecule has 1 atom stereocenters. The maximum absolute atomic E-state index is 12.3. The number of rotatable bonds is 3. The molecule has 4 heterocycles. The minimum Gasteiger partial charge on any atom is -0.494 e. The number of aromatic nitrogens is 2. The maximum atomic E-state index is 12.3. The number of benzene rings is 1. The summed E-state index contributed by atoms with van der Waals surface area (Å²) >= 11 is 0. The van der Waals surface area contributed by atoms with Crippen molar-refractivity contribution in [2.24, 2.45) is 11.7 Å². The van der Waals surface area contributed by atoms with E-state index >= 15 is 0 Å². The first-order valence-electron chi connectivity index (χ1n) is 8.37. The van der Waals surface area contributed by atoms with Gasteiger partial charge in [0, 0.05) is 11.9 Å². The van der Waals surface area contributed by atoms with Crippen molar-refractivity contribution < 1.29 is 19.1 Å². The van der Waals surface area contributed by atoms with Crippen molar-refractivity contribution in [1.29, 1.82) is 0 Å². The Morgan fingerprint density at radius 3 is 2.64 bits per heavy atom. The van der Waals surface area contributed by atoms with E-state index in [0.717, 1.165) is 38.0 Å². The van der Waals surface area contributed by atoms with Crippen LogP contribution in [0.4, 0.5) is 4.79 Å². The molecule has 1 aromatic carbocycles. The monoisotopic (exact) mass is 344 g/mol. The van der Waals surface area contributed by atoms with Gasteiger partial charge in [0.25, 0.3) is 0 Å². The number of fused-ring (bicyclic) bond motifs is 4. The zero-order chi connectivity index (χ0) is 17.6. The van der Waals surface area contributed by atoms with Gasteiger partial charge in [0.2, 0.25) is 0 Å². The molecule has 2 aromatic rings. The molecule has 25 heavy (non-hydrogen) atoms. The Morgan fingerprint density at radius 1 is 1.28 bits per heavy atom. The van der Waals surface area contributed by atoms with E-state index in [4.69, 9.17) is 10.5 Å². The molecule has 3 fully saturated rings. The standard InChI is InChI=1S/C17H20N4O4/c1-24-13-4-2-3-11-14(16(22)25-17(18)23)19-21(15(11)13)12-9-20-7-5-10(12)6-8-20/h2-4,10,12H,5-9H2,1H3,(H2,18,23)/t12-/m1/s1. The second-order valence-corrected chi connectivity index (χ2v) is 6.56. The van der Waals surface area contributed by atoms with Crippen LogP contribution in [0.2, 0.25) is 0 Å². The molecule has 5 rings (SSSR count). The van der Waals surface area contributed by atoms with E-state index < -0.39 is 12.1 Å². The fourth-order valence-electron chi connectivity index (χ4n) is 4.07. The van der Waals surface area contributed by atoms with Gasteiger partial charge >= 0.3 is 12.1 Å². The van der Waals surface area contributed by atoms with Crippen molar-refractivity contribution in [2.75, 3.05) is 26.7 Å². The van der Waals surface area contributed by atoms with Crippen LogP contribution in [-0.4, -0.2) is 53.5 Å². The number of esters is 1. The first-order valence-corrected chi connectivity index (χ1v) is 8.37. The summed E-state index contributed by atoms with van der Waals surface area (Å²) in [5.41, 5.74) is 5.82. The summed E-state index contributed by atoms with van der Waals surface area (Å²) in [5, 5.41) is 5.12. The topological polar surface area (TPSA) is 99.7 Å². The van der Waals surface area contributed by atoms with Gasteiger partial charge in [-0.3, -0.25) is 4.68 Å². The first-order chi connectivity index (χ1) is 12.1. The highest BCUT2D eigenvalue weighted by atomic mass is 16.6. The van der Waals surface area contributed by atoms with Crippen LogP contribution in [0.1, 0.15) is 29.4 Å². The third-order valence-electron chi connectivity index (χ3n) is 5.23. The molecule has 132 valence electrons. The van der Waals surface area contributed by atoms with Gasteiger partial charge in [0.05, 0.1) is 13.2 Å². The predicted octanol–water partition coefficient (Wildman–Crippen LogP) is 1.55. The number of methoxy groups -OCH3 is 1. The van der Waals surface area contributed by atoms with Crippen LogP contribution in [0.5, 0.6) is 5.75 Å². The van der Waals surface area contributed by atoms with Crippen molar-refractivity contribution >= 4 is 23.0 Å². The molecule has 8 nitrogen and oxygen atoms in total. The lowest BCUT2D eigenvalue weighted by molar-refractivity contribution is 0.0517. The van der Waals surface area contributed by atoms with Crippen LogP contribution in [0.25, 0.3) is 10.9 Å². The number of nitrogens with two attached hydrogens (primary N) is 1. The molecule has 0 unspecified atom stereocenters. The number of nitrogens with zero attached hydrogens (tertiary/aromatic N) is 3. The number of para-hydroxylation sites is 1. The van der Waals surface area contributed by atoms with Crippen molar-refractivity contribution in [3.8, 4) is 5.75 Å². The van der Waals surface area contributed by atoms with Crippen LogP contribution >= 0.6 is 0 Å². The molecule has 1 amide bonds. The zero-order valence-electron chi connectivity index (χ0n) is 14.0. The Bertz CT molecular complexity index is 839. The molecule has 8 heteroatoms. The molecule has 0 saturated carbocycles. The predicted molar refractivity (Wildman–Crippen MR) is 89.5 cm³/mol. The van der Waals surface area contributed by atoms with Gasteiger partial charge in [-0.05, 0) is 37.9 Å². The summed E-state index contributed by atoms with van der Waals surface area (Å²) in [4.78, 5) is 25.7. The summed E-state index contributed by atoms with van der Waals surface area (Å²) in [6.45, 7) is 3.10. The quantitative estimate of drug-likeness (QED) is 0.670. The number of carbonyl (C=O) groups is 2. The Labute approximate surface area is 144 Å². The molecule has 1 aromatic heterocycles. The zero-order valence-corrected chi connectivity index (χ0v) is 14.0. The van der Waals surface area contributed by atoms with E-state index in [1.165, 1.54) is 0 Å². The highest BCUT2D eigenvalue weighted by molar-refractivity contribution is 6.06. The highest BCUT2D eigenvalue weighted by Crippen LogP contribution is 2.39. The number of hydrogen-bond donors (Lipinski definition) is 1. The van der Waals surface area contributed by atoms with Crippen LogP contribution in [-0.2, 0) is 4.74 Å². The summed E-state index contributed by atoms with van der Waals surface area (Å²) < 4.78 is 11.9. The van der Waals surface area contributed by atoms with Crippen molar-refractivity contribution in [3.63, 3.8) is 0 Å². The number of amides is 1. The summed E-state index contributed by atoms with van der Waals surface area (Å²) in [6, 6.07) is 5.56. The molecule has 0 radical (unpaired) electrons. The first kappa shape index (κ1) is 15.9. The normalized spacial score (nSPS) is 25.1. The number of piperidine rings is 3. The van der Waals surface area contributed by atoms with Gasteiger partial charge in [0.1, 0.15) is 11.3 Å². The minimum atomic E-state index is -1.14. The fourth-order valence-corrected chi connectivity index (χ4v) is 4.07. The molecule has 3 saturated heterocycles. The van der Waals surface area contributed by atoms with Crippen LogP contribution in [0.15, 0.2) is 18.2 Å². The number of hydrogen-bond acceptors (Lipinski definition) is 6. The van der Waals surface area contributed by atoms with E-state index in [1.54, 1.807) is 19.2 Å². The second kappa shape index (κ2) is 6.03. The lowest BCUT2D eigenvalue weighted by Gasteiger charge is -2.44. The third kappa shape index (κ3) is 2.62. The Balaban J connectivity index is 1.85. The SMILES string of the molecule is COc1cccc2c(C(=O)OC(N)=O)nn([C@@H]3CN4CCC3CC4)c12. The lowest BCUT2D eigenvalue weighted by atomic mass is 9.84. The maximum Gasteiger partial charge on any atom is 0.412 e. The average molecular weight is 344 g/mol. The molecular weight excluding hydrogens is 324 g/mol. The van der Waals surface area contributed by atoms with E-state index in [-0.39, 0.29) is 11.7 Å². The number of primary amides is 1. The van der Waals surface area contributed by atoms with Crippen LogP contribution in [0, 0.1) is 5.92 Å². The van der Waals surface area contributed by atoms with Crippen molar-refractivity contribution in [2.45, 2.75) is 18.9 Å². The number of ether oxygens (including phenoxy) is 2. The summed E-state index contributed by atoms with van der Waals surface area (Å²) in [5.74, 6) is 0.309. The summed E-state index contributed by atoms with van der Waals surface area (Å²) in [7, 11) is 1.59. The third-order valence-corrected chi connectivity index (χ3v) is 5.23. The van der Waals surface area contributed by atoms with Gasteiger partial charge in [-0.2, -0.15) is 5.10 Å². The molecular formula is C17H20N4O4. The Hall–Kier alpha value is -2.61. The highest BCUT2D eigenvalue weighted by Gasteiger charge is 2.37. The smallest absolute Gasteiger partial charge is 0.412 e. The molecule has 3 aliphatic rings. The van der Waals surface area contributed by atoms with Gasteiger partial charge in [-0.25, -0.2) is 9.59 Å². The molecule has 0 aliphatic carbocycles. The van der Waals surface area contributed by atoms with Gasteiger partial charge in [0.15, 0.2) is 5.69 Å². The Kier molecular flexibility index (Phi) is 3.84. The van der Waals surface area contributed by atoms with E-state index in [9.17, 15) is 9.59 Å². The van der Waals surface area contributed by atoms with E-state index in [1.807, 2.05) is 10.7 Å². The molecule has 2 bridgehead atoms. The fraction of sp³-hybridized carbons (Fsp3) is 0.471. The van der Waals surface area contributed by atoms with E-state index in [0.29, 0.717) is 17.1 Å². The van der Waals surface area contributed by atoms with Crippen molar-refractivity contribution in [3.05, 3.63) is 23.9 Å². The Morgan fingerprint density at radius 2 is 2.04 bits per heavy atom. The van der Waals surface area contributed by atoms with Crippen molar-refractivity contribution in [1.82, 2.24) is 14.7 Å². The minimum absolute atomic E-state index is 0.0872. The average Bonchev–Trinajstić information content (AvgIpc) is 3.02. The lowest BCUT2D eigenvalue weighted by Crippen LogP contribution is -2.48. The van der Waals surface area contributed by atoms with E-state index in [2.05, 4.69) is 14.7 Å². The molecule has 3 aliphatic heterocycles. The second-order valence-electron chi connectivity index (χ2n) is 6.56. The largest absolute Gasteiger partial charge is 0.494 e. The molecule has 2 N–H and O–H groups in total. The number of carbonyl (C=O) groups excluding carboxylic acids is 2. The molecule has 0 spiro atoms.